The second kappa shape index (κ2) is 15.4. The van der Waals surface area contributed by atoms with E-state index in [1.807, 2.05) is 31.4 Å². The van der Waals surface area contributed by atoms with E-state index in [4.69, 9.17) is 5.11 Å². The Morgan fingerprint density at radius 1 is 1.15 bits per heavy atom. The first-order chi connectivity index (χ1) is 16.0. The lowest BCUT2D eigenvalue weighted by Crippen LogP contribution is -2.43. The summed E-state index contributed by atoms with van der Waals surface area (Å²) < 4.78 is 0. The molecule has 0 saturated carbocycles. The molecule has 1 aromatic rings. The van der Waals surface area contributed by atoms with Gasteiger partial charge in [0.25, 0.3) is 0 Å². The molecule has 3 N–H and O–H groups in total. The molecule has 0 spiro atoms. The van der Waals surface area contributed by atoms with Gasteiger partial charge in [0.05, 0.1) is 30.2 Å². The van der Waals surface area contributed by atoms with E-state index in [2.05, 4.69) is 24.1 Å². The van der Waals surface area contributed by atoms with Crippen LogP contribution in [0.1, 0.15) is 97.2 Å². The molecule has 0 bridgehead atoms. The molecule has 1 saturated heterocycles. The van der Waals surface area contributed by atoms with Gasteiger partial charge in [-0.3, -0.25) is 9.59 Å². The van der Waals surface area contributed by atoms with E-state index in [1.165, 1.54) is 30.6 Å². The van der Waals surface area contributed by atoms with Crippen LogP contribution < -0.4 is 5.32 Å². The van der Waals surface area contributed by atoms with Crippen LogP contribution in [0.25, 0.3) is 6.08 Å². The molecule has 1 fully saturated rings. The third-order valence-corrected chi connectivity index (χ3v) is 7.49. The number of hydrogen-bond donors (Lipinski definition) is 3. The highest BCUT2D eigenvalue weighted by Crippen LogP contribution is 2.31. The lowest BCUT2D eigenvalue weighted by Gasteiger charge is -2.32. The molecular formula is C27H46N2O4S. The molecule has 6 nitrogen and oxygen atoms in total. The van der Waals surface area contributed by atoms with Gasteiger partial charge in [-0.15, -0.1) is 11.3 Å². The molecule has 1 aliphatic heterocycles. The molecule has 1 aliphatic rings. The van der Waals surface area contributed by atoms with E-state index in [0.29, 0.717) is 18.4 Å². The number of rotatable bonds is 2. The molecule has 2 heterocycles. The minimum absolute atomic E-state index is 0.00622. The third-order valence-electron chi connectivity index (χ3n) is 6.63. The average molecular weight is 495 g/mol. The highest BCUT2D eigenvalue weighted by Gasteiger charge is 2.39. The number of carbonyl (C=O) groups is 2. The van der Waals surface area contributed by atoms with Crippen LogP contribution in [-0.2, 0) is 16.2 Å². The zero-order valence-corrected chi connectivity index (χ0v) is 22.8. The van der Waals surface area contributed by atoms with Crippen molar-refractivity contribution in [3.63, 3.8) is 0 Å². The maximum Gasteiger partial charge on any atom is 0.222 e. The minimum atomic E-state index is -0.939. The molecule has 34 heavy (non-hydrogen) atoms. The van der Waals surface area contributed by atoms with Gasteiger partial charge < -0.3 is 15.5 Å². The summed E-state index contributed by atoms with van der Waals surface area (Å²) in [6, 6.07) is 0. The molecule has 0 aliphatic carbocycles. The number of aliphatic hydroxyl groups is 2. The Kier molecular flexibility index (Phi) is 13.8. The van der Waals surface area contributed by atoms with Gasteiger partial charge in [-0.1, -0.05) is 66.4 Å². The number of carbonyl (C=O) groups excluding carboxylic acids is 2. The number of nitrogens with zero attached hydrogens (tertiary/aromatic N) is 1. The number of thiazole rings is 1. The molecule has 194 valence electrons. The van der Waals surface area contributed by atoms with Crippen LogP contribution in [0.3, 0.4) is 0 Å². The Morgan fingerprint density at radius 3 is 2.38 bits per heavy atom. The van der Waals surface area contributed by atoms with E-state index >= 15 is 0 Å². The van der Waals surface area contributed by atoms with Gasteiger partial charge in [0.1, 0.15) is 10.8 Å². The lowest BCUT2D eigenvalue weighted by molar-refractivity contribution is -0.139. The van der Waals surface area contributed by atoms with Crippen LogP contribution in [0.15, 0.2) is 11.5 Å². The summed E-state index contributed by atoms with van der Waals surface area (Å²) in [7, 11) is 0. The van der Waals surface area contributed by atoms with E-state index < -0.39 is 11.5 Å². The second-order valence-corrected chi connectivity index (χ2v) is 11.4. The summed E-state index contributed by atoms with van der Waals surface area (Å²) in [5.74, 6) is 0.788. The summed E-state index contributed by atoms with van der Waals surface area (Å²) in [6.07, 6.45) is 9.64. The molecule has 2 rings (SSSR count). The SMILES string of the molecule is C/C=C\c1csc(CO)n1.CC1CCCCC[C@H](C)CNC(=O)CC(O)C(C)(C)C(=O)C(C)C1. The molecular weight excluding hydrogens is 448 g/mol. The third kappa shape index (κ3) is 10.8. The first-order valence-corrected chi connectivity index (χ1v) is 13.6. The van der Waals surface area contributed by atoms with E-state index in [9.17, 15) is 14.7 Å². The van der Waals surface area contributed by atoms with Gasteiger partial charge in [0, 0.05) is 17.8 Å². The minimum Gasteiger partial charge on any atom is -0.392 e. The summed E-state index contributed by atoms with van der Waals surface area (Å²) >= 11 is 1.48. The molecule has 1 amide bonds. The fourth-order valence-electron chi connectivity index (χ4n) is 4.33. The molecule has 1 aromatic heterocycles. The number of Topliss-reactive ketones (excluding diaryl/α,β-unsaturated/α-hetero) is 1. The normalized spacial score (nSPS) is 27.6. The molecule has 0 radical (unpaired) electrons. The first kappa shape index (κ1) is 30.5. The topological polar surface area (TPSA) is 99.5 Å². The quantitative estimate of drug-likeness (QED) is 0.513. The highest BCUT2D eigenvalue weighted by atomic mass is 32.1. The Labute approximate surface area is 210 Å². The summed E-state index contributed by atoms with van der Waals surface area (Å²) in [4.78, 5) is 29.0. The van der Waals surface area contributed by atoms with Gasteiger partial charge in [-0.2, -0.15) is 0 Å². The van der Waals surface area contributed by atoms with Crippen LogP contribution >= 0.6 is 11.3 Å². The summed E-state index contributed by atoms with van der Waals surface area (Å²) in [5.41, 5.74) is 0.0376. The van der Waals surface area contributed by atoms with Crippen molar-refractivity contribution >= 4 is 29.1 Å². The summed E-state index contributed by atoms with van der Waals surface area (Å²) in [5, 5.41) is 24.7. The smallest absolute Gasteiger partial charge is 0.222 e. The van der Waals surface area contributed by atoms with Crippen LogP contribution in [0.5, 0.6) is 0 Å². The van der Waals surface area contributed by atoms with Gasteiger partial charge in [0.15, 0.2) is 0 Å². The van der Waals surface area contributed by atoms with Crippen LogP contribution in [0.4, 0.5) is 0 Å². The number of nitrogens with one attached hydrogen (secondary N) is 1. The highest BCUT2D eigenvalue weighted by molar-refractivity contribution is 7.09. The molecule has 4 atom stereocenters. The Bertz CT molecular complexity index is 774. The lowest BCUT2D eigenvalue weighted by atomic mass is 9.74. The maximum absolute atomic E-state index is 12.8. The van der Waals surface area contributed by atoms with Gasteiger partial charge in [0.2, 0.25) is 5.91 Å². The van der Waals surface area contributed by atoms with Crippen molar-refractivity contribution in [3.05, 3.63) is 22.2 Å². The van der Waals surface area contributed by atoms with Crippen LogP contribution in [-0.4, -0.2) is 39.5 Å². The monoisotopic (exact) mass is 494 g/mol. The van der Waals surface area contributed by atoms with Crippen LogP contribution in [0, 0.1) is 23.2 Å². The average Bonchev–Trinajstić information content (AvgIpc) is 3.24. The largest absolute Gasteiger partial charge is 0.392 e. The fourth-order valence-corrected chi connectivity index (χ4v) is 4.95. The van der Waals surface area contributed by atoms with Crippen molar-refractivity contribution in [2.24, 2.45) is 23.2 Å². The predicted molar refractivity (Wildman–Crippen MR) is 140 cm³/mol. The summed E-state index contributed by atoms with van der Waals surface area (Å²) in [6.45, 7) is 12.5. The number of hydrogen-bond acceptors (Lipinski definition) is 6. The van der Waals surface area contributed by atoms with Crippen molar-refractivity contribution in [1.82, 2.24) is 10.3 Å². The standard InChI is InChI=1S/C20H37NO3.C7H9NOS/c1-14-9-7-6-8-10-15(2)13-21-18(23)12-17(22)20(4,5)19(24)16(3)11-14;1-2-3-6-5-10-7(4-9)8-6/h14-17,22H,6-13H2,1-5H3,(H,21,23);2-3,5,9H,4H2,1H3/b;3-2-/t14?,15-,16?,17?;/m0./s1. The van der Waals surface area contributed by atoms with Crippen molar-refractivity contribution in [1.29, 1.82) is 0 Å². The van der Waals surface area contributed by atoms with E-state index in [-0.39, 0.29) is 30.6 Å². The van der Waals surface area contributed by atoms with Crippen molar-refractivity contribution in [3.8, 4) is 0 Å². The van der Waals surface area contributed by atoms with E-state index in [1.54, 1.807) is 13.8 Å². The predicted octanol–water partition coefficient (Wildman–Crippen LogP) is 5.38. The first-order valence-electron chi connectivity index (χ1n) is 12.7. The molecule has 7 heteroatoms. The number of allylic oxidation sites excluding steroid dienone is 1. The molecule has 0 aromatic carbocycles. The zero-order chi connectivity index (χ0) is 25.7. The Hall–Kier alpha value is -1.57. The van der Waals surface area contributed by atoms with E-state index in [0.717, 1.165) is 30.0 Å². The van der Waals surface area contributed by atoms with Gasteiger partial charge in [-0.25, -0.2) is 4.98 Å². The number of ketones is 1. The Balaban J connectivity index is 0.000000479. The van der Waals surface area contributed by atoms with Crippen LogP contribution in [0.2, 0.25) is 0 Å². The Morgan fingerprint density at radius 2 is 1.79 bits per heavy atom. The number of aliphatic hydroxyl groups excluding tert-OH is 2. The van der Waals surface area contributed by atoms with Crippen molar-refractivity contribution in [2.75, 3.05) is 6.54 Å². The van der Waals surface area contributed by atoms with Gasteiger partial charge >= 0.3 is 0 Å². The van der Waals surface area contributed by atoms with Crippen molar-refractivity contribution in [2.45, 2.75) is 99.2 Å². The second-order valence-electron chi connectivity index (χ2n) is 10.4. The van der Waals surface area contributed by atoms with Crippen molar-refractivity contribution < 1.29 is 19.8 Å². The molecule has 3 unspecified atom stereocenters. The fraction of sp³-hybridized carbons (Fsp3) is 0.741. The number of aromatic nitrogens is 1. The number of amides is 1. The van der Waals surface area contributed by atoms with Gasteiger partial charge in [-0.05, 0) is 37.7 Å². The maximum atomic E-state index is 12.8. The zero-order valence-electron chi connectivity index (χ0n) is 22.0.